The van der Waals surface area contributed by atoms with Gasteiger partial charge in [0.15, 0.2) is 0 Å². The van der Waals surface area contributed by atoms with Gasteiger partial charge in [0.25, 0.3) is 0 Å². The van der Waals surface area contributed by atoms with Gasteiger partial charge in [-0.25, -0.2) is 0 Å². The number of para-hydroxylation sites is 1. The molecule has 0 bridgehead atoms. The molecule has 4 rings (SSSR count). The minimum atomic E-state index is -0.606. The molecular weight excluding hydrogens is 316 g/mol. The predicted molar refractivity (Wildman–Crippen MR) is 94.9 cm³/mol. The fourth-order valence-electron chi connectivity index (χ4n) is 3.79. The van der Waals surface area contributed by atoms with Crippen molar-refractivity contribution in [1.29, 1.82) is 0 Å². The number of rotatable bonds is 3. The lowest BCUT2D eigenvalue weighted by atomic mass is 9.81. The van der Waals surface area contributed by atoms with Gasteiger partial charge < -0.3 is 10.2 Å². The molecule has 0 saturated carbocycles. The monoisotopic (exact) mass is 336 g/mol. The van der Waals surface area contributed by atoms with Crippen LogP contribution in [-0.4, -0.2) is 39.6 Å². The van der Waals surface area contributed by atoms with Crippen molar-refractivity contribution in [1.82, 2.24) is 14.7 Å². The molecule has 1 N–H and O–H groups in total. The van der Waals surface area contributed by atoms with E-state index in [-0.39, 0.29) is 11.8 Å². The Morgan fingerprint density at radius 2 is 2.20 bits per heavy atom. The lowest BCUT2D eigenvalue weighted by Crippen LogP contribution is -2.38. The Balaban J connectivity index is 1.53. The molecule has 6 nitrogen and oxygen atoms in total. The van der Waals surface area contributed by atoms with Gasteiger partial charge in [-0.2, -0.15) is 5.10 Å². The molecular formula is C19H20N4O2. The number of hydrogen-bond acceptors (Lipinski definition) is 3. The molecule has 128 valence electrons. The summed E-state index contributed by atoms with van der Waals surface area (Å²) in [6, 6.07) is 9.63. The van der Waals surface area contributed by atoms with Gasteiger partial charge in [-0.3, -0.25) is 14.3 Å². The summed E-state index contributed by atoms with van der Waals surface area (Å²) in [5.41, 5.74) is 2.16. The lowest BCUT2D eigenvalue weighted by molar-refractivity contribution is -0.125. The molecule has 2 aromatic rings. The number of aryl methyl sites for hydroxylation is 1. The molecule has 0 radical (unpaired) electrons. The average molecular weight is 336 g/mol. The number of benzene rings is 1. The first kappa shape index (κ1) is 15.6. The summed E-state index contributed by atoms with van der Waals surface area (Å²) in [6.07, 6.45) is 5.73. The molecule has 1 atom stereocenters. The maximum atomic E-state index is 12.6. The Kier molecular flexibility index (Phi) is 3.67. The minimum absolute atomic E-state index is 0.00274. The third-order valence-corrected chi connectivity index (χ3v) is 5.15. The Bertz CT molecular complexity index is 870. The Hall–Kier alpha value is -2.89. The second-order valence-electron chi connectivity index (χ2n) is 6.50. The summed E-state index contributed by atoms with van der Waals surface area (Å²) in [5, 5.41) is 7.14. The van der Waals surface area contributed by atoms with Gasteiger partial charge in [0.1, 0.15) is 0 Å². The van der Waals surface area contributed by atoms with Crippen LogP contribution in [0.4, 0.5) is 5.69 Å². The molecule has 1 saturated heterocycles. The summed E-state index contributed by atoms with van der Waals surface area (Å²) in [6.45, 7) is 3.77. The zero-order valence-corrected chi connectivity index (χ0v) is 14.1. The highest BCUT2D eigenvalue weighted by Crippen LogP contribution is 2.44. The molecule has 1 fully saturated rings. The number of amides is 2. The highest BCUT2D eigenvalue weighted by atomic mass is 16.2. The van der Waals surface area contributed by atoms with E-state index in [4.69, 9.17) is 0 Å². The van der Waals surface area contributed by atoms with Crippen molar-refractivity contribution in [3.05, 3.63) is 53.9 Å². The quantitative estimate of drug-likeness (QED) is 0.872. The molecule has 1 aromatic carbocycles. The third kappa shape index (κ3) is 2.45. The minimum Gasteiger partial charge on any atom is -0.338 e. The van der Waals surface area contributed by atoms with Gasteiger partial charge in [0.2, 0.25) is 11.8 Å². The van der Waals surface area contributed by atoms with E-state index in [1.807, 2.05) is 41.9 Å². The summed E-state index contributed by atoms with van der Waals surface area (Å²) < 4.78 is 1.83. The number of hydrogen-bond donors (Lipinski definition) is 1. The fraction of sp³-hybridized carbons (Fsp3) is 0.316. The SMILES string of the molecule is CCn1nccc1/C=C/C(=O)N1CCC2(C1)C(=O)Nc1ccccc12. The number of aromatic nitrogens is 2. The van der Waals surface area contributed by atoms with Crippen molar-refractivity contribution in [2.24, 2.45) is 0 Å². The largest absolute Gasteiger partial charge is 0.338 e. The number of likely N-dealkylation sites (tertiary alicyclic amines) is 1. The highest BCUT2D eigenvalue weighted by Gasteiger charge is 2.51. The average Bonchev–Trinajstić information content (AvgIpc) is 3.33. The van der Waals surface area contributed by atoms with Crippen LogP contribution in [0, 0.1) is 0 Å². The molecule has 25 heavy (non-hydrogen) atoms. The molecule has 1 aromatic heterocycles. The van der Waals surface area contributed by atoms with E-state index in [9.17, 15) is 9.59 Å². The molecule has 3 heterocycles. The maximum absolute atomic E-state index is 12.6. The van der Waals surface area contributed by atoms with Crippen LogP contribution in [0.3, 0.4) is 0 Å². The van der Waals surface area contributed by atoms with Crippen LogP contribution in [0.15, 0.2) is 42.6 Å². The summed E-state index contributed by atoms with van der Waals surface area (Å²) in [5.74, 6) is -0.0741. The topological polar surface area (TPSA) is 67.2 Å². The smallest absolute Gasteiger partial charge is 0.246 e. The van der Waals surface area contributed by atoms with Crippen molar-refractivity contribution >= 4 is 23.6 Å². The standard InChI is InChI=1S/C19H20N4O2/c1-2-23-14(9-11-20-23)7-8-17(24)22-12-10-19(13-22)15-5-3-4-6-16(15)21-18(19)25/h3-9,11H,2,10,12-13H2,1H3,(H,21,25)/b8-7+. The van der Waals surface area contributed by atoms with Crippen molar-refractivity contribution < 1.29 is 9.59 Å². The Morgan fingerprint density at radius 1 is 1.36 bits per heavy atom. The Labute approximate surface area is 146 Å². The molecule has 0 aliphatic carbocycles. The van der Waals surface area contributed by atoms with E-state index >= 15 is 0 Å². The Morgan fingerprint density at radius 3 is 3.04 bits per heavy atom. The van der Waals surface area contributed by atoms with Crippen LogP contribution in [0.2, 0.25) is 0 Å². The first-order valence-corrected chi connectivity index (χ1v) is 8.54. The normalized spacial score (nSPS) is 22.0. The second kappa shape index (κ2) is 5.88. The van der Waals surface area contributed by atoms with E-state index in [1.54, 1.807) is 23.2 Å². The van der Waals surface area contributed by atoms with Gasteiger partial charge in [-0.1, -0.05) is 18.2 Å². The number of fused-ring (bicyclic) bond motifs is 2. The lowest BCUT2D eigenvalue weighted by Gasteiger charge is -2.21. The van der Waals surface area contributed by atoms with E-state index in [2.05, 4.69) is 10.4 Å². The summed E-state index contributed by atoms with van der Waals surface area (Å²) in [4.78, 5) is 26.9. The maximum Gasteiger partial charge on any atom is 0.246 e. The number of carbonyl (C=O) groups is 2. The van der Waals surface area contributed by atoms with Gasteiger partial charge in [-0.05, 0) is 37.1 Å². The highest BCUT2D eigenvalue weighted by molar-refractivity contribution is 6.07. The molecule has 2 aliphatic rings. The van der Waals surface area contributed by atoms with Crippen molar-refractivity contribution in [3.8, 4) is 0 Å². The van der Waals surface area contributed by atoms with Crippen LogP contribution in [0.5, 0.6) is 0 Å². The van der Waals surface area contributed by atoms with E-state index in [1.165, 1.54) is 0 Å². The van der Waals surface area contributed by atoms with Crippen LogP contribution < -0.4 is 5.32 Å². The van der Waals surface area contributed by atoms with Crippen molar-refractivity contribution in [3.63, 3.8) is 0 Å². The van der Waals surface area contributed by atoms with Crippen molar-refractivity contribution in [2.75, 3.05) is 18.4 Å². The zero-order chi connectivity index (χ0) is 17.4. The molecule has 2 aliphatic heterocycles. The summed E-state index contributed by atoms with van der Waals surface area (Å²) >= 11 is 0. The van der Waals surface area contributed by atoms with E-state index in [0.29, 0.717) is 19.5 Å². The van der Waals surface area contributed by atoms with Gasteiger partial charge >= 0.3 is 0 Å². The number of nitrogens with one attached hydrogen (secondary N) is 1. The van der Waals surface area contributed by atoms with Crippen LogP contribution in [-0.2, 0) is 21.5 Å². The second-order valence-corrected chi connectivity index (χ2v) is 6.50. The number of carbonyl (C=O) groups excluding carboxylic acids is 2. The van der Waals surface area contributed by atoms with Crippen LogP contribution in [0.25, 0.3) is 6.08 Å². The van der Waals surface area contributed by atoms with Crippen LogP contribution >= 0.6 is 0 Å². The predicted octanol–water partition coefficient (Wildman–Crippen LogP) is 2.04. The first-order chi connectivity index (χ1) is 12.1. The van der Waals surface area contributed by atoms with E-state index in [0.717, 1.165) is 23.5 Å². The van der Waals surface area contributed by atoms with Gasteiger partial charge in [-0.15, -0.1) is 0 Å². The number of nitrogens with zero attached hydrogens (tertiary/aromatic N) is 3. The van der Waals surface area contributed by atoms with Gasteiger partial charge in [0, 0.05) is 37.6 Å². The van der Waals surface area contributed by atoms with Crippen molar-refractivity contribution in [2.45, 2.75) is 25.3 Å². The zero-order valence-electron chi connectivity index (χ0n) is 14.1. The molecule has 6 heteroatoms. The van der Waals surface area contributed by atoms with Crippen LogP contribution in [0.1, 0.15) is 24.6 Å². The molecule has 1 spiro atoms. The van der Waals surface area contributed by atoms with Gasteiger partial charge in [0.05, 0.1) is 11.1 Å². The fourth-order valence-corrected chi connectivity index (χ4v) is 3.79. The van der Waals surface area contributed by atoms with E-state index < -0.39 is 5.41 Å². The molecule has 1 unspecified atom stereocenters. The molecule has 2 amide bonds. The number of anilines is 1. The first-order valence-electron chi connectivity index (χ1n) is 8.54. The summed E-state index contributed by atoms with van der Waals surface area (Å²) in [7, 11) is 0. The third-order valence-electron chi connectivity index (χ3n) is 5.15.